The van der Waals surface area contributed by atoms with E-state index in [1.54, 1.807) is 13.0 Å². The first-order valence-electron chi connectivity index (χ1n) is 9.06. The van der Waals surface area contributed by atoms with Gasteiger partial charge in [-0.1, -0.05) is 30.3 Å². The molecule has 7 heteroatoms. The van der Waals surface area contributed by atoms with Crippen molar-refractivity contribution in [3.05, 3.63) is 46.9 Å². The van der Waals surface area contributed by atoms with Crippen molar-refractivity contribution in [3.63, 3.8) is 0 Å². The Bertz CT molecular complexity index is 968. The highest BCUT2D eigenvalue weighted by molar-refractivity contribution is 8.18. The first-order chi connectivity index (χ1) is 13.5. The van der Waals surface area contributed by atoms with E-state index in [1.165, 1.54) is 6.92 Å². The highest BCUT2D eigenvalue weighted by Gasteiger charge is 2.41. The molecule has 3 rings (SSSR count). The zero-order valence-corrected chi connectivity index (χ0v) is 16.7. The Morgan fingerprint density at radius 2 is 1.82 bits per heavy atom. The number of thioether (sulfide) groups is 1. The van der Waals surface area contributed by atoms with Crippen LogP contribution in [-0.4, -0.2) is 41.3 Å². The first-order valence-corrected chi connectivity index (χ1v) is 9.87. The van der Waals surface area contributed by atoms with Crippen molar-refractivity contribution in [2.75, 3.05) is 13.2 Å². The summed E-state index contributed by atoms with van der Waals surface area (Å²) in [5.41, 5.74) is 0.799. The fraction of sp³-hybridized carbons (Fsp3) is 0.286. The number of hydrogen-bond donors (Lipinski definition) is 0. The lowest BCUT2D eigenvalue weighted by Gasteiger charge is -2.19. The number of nitrogens with zero attached hydrogens (tertiary/aromatic N) is 1. The fourth-order valence-electron chi connectivity index (χ4n) is 3.03. The van der Waals surface area contributed by atoms with Crippen LogP contribution in [0.15, 0.2) is 41.3 Å². The van der Waals surface area contributed by atoms with Crippen LogP contribution in [0.5, 0.6) is 5.75 Å². The standard InChI is InChI=1S/C21H21NO5S/c1-4-26-17-11-10-14(15-8-6-7-9-16(15)17)12-18-19(23)22(21(25)28-18)13(3)20(24)27-5-2/h6-13H,4-5H2,1-3H3/b18-12+/t13-/m1/s1. The van der Waals surface area contributed by atoms with Gasteiger partial charge in [0.15, 0.2) is 0 Å². The number of rotatable bonds is 6. The molecule has 0 saturated carbocycles. The van der Waals surface area contributed by atoms with Crippen molar-refractivity contribution in [2.24, 2.45) is 0 Å². The molecular weight excluding hydrogens is 378 g/mol. The third kappa shape index (κ3) is 3.75. The molecule has 0 aliphatic carbocycles. The number of hydrogen-bond acceptors (Lipinski definition) is 6. The van der Waals surface area contributed by atoms with E-state index in [2.05, 4.69) is 0 Å². The Hall–Kier alpha value is -2.80. The van der Waals surface area contributed by atoms with Gasteiger partial charge < -0.3 is 9.47 Å². The summed E-state index contributed by atoms with van der Waals surface area (Å²) in [6, 6.07) is 10.5. The Balaban J connectivity index is 1.97. The molecule has 28 heavy (non-hydrogen) atoms. The average molecular weight is 399 g/mol. The normalized spacial score (nSPS) is 16.7. The maximum absolute atomic E-state index is 12.8. The van der Waals surface area contributed by atoms with Crippen LogP contribution in [0, 0.1) is 0 Å². The topological polar surface area (TPSA) is 72.9 Å². The van der Waals surface area contributed by atoms with Crippen LogP contribution in [0.1, 0.15) is 26.3 Å². The number of ether oxygens (including phenoxy) is 2. The molecule has 0 spiro atoms. The van der Waals surface area contributed by atoms with Gasteiger partial charge in [0, 0.05) is 5.39 Å². The smallest absolute Gasteiger partial charge is 0.329 e. The Morgan fingerprint density at radius 1 is 1.11 bits per heavy atom. The van der Waals surface area contributed by atoms with Gasteiger partial charge in [-0.25, -0.2) is 4.79 Å². The van der Waals surface area contributed by atoms with Crippen LogP contribution in [0.25, 0.3) is 16.8 Å². The van der Waals surface area contributed by atoms with Gasteiger partial charge in [-0.2, -0.15) is 0 Å². The number of esters is 1. The zero-order chi connectivity index (χ0) is 20.3. The average Bonchev–Trinajstić information content (AvgIpc) is 2.96. The molecule has 0 aromatic heterocycles. The molecule has 2 aromatic rings. The molecule has 0 bridgehead atoms. The molecule has 1 aliphatic heterocycles. The summed E-state index contributed by atoms with van der Waals surface area (Å²) in [7, 11) is 0. The van der Waals surface area contributed by atoms with Crippen molar-refractivity contribution in [3.8, 4) is 5.75 Å². The van der Waals surface area contributed by atoms with Gasteiger partial charge in [-0.15, -0.1) is 0 Å². The summed E-state index contributed by atoms with van der Waals surface area (Å²) in [6.07, 6.45) is 1.68. The fourth-order valence-corrected chi connectivity index (χ4v) is 3.92. The van der Waals surface area contributed by atoms with Crippen molar-refractivity contribution in [2.45, 2.75) is 26.8 Å². The molecule has 0 unspecified atom stereocenters. The molecule has 2 amide bonds. The minimum Gasteiger partial charge on any atom is -0.493 e. The van der Waals surface area contributed by atoms with Gasteiger partial charge in [0.1, 0.15) is 11.8 Å². The number of carbonyl (C=O) groups excluding carboxylic acids is 3. The second-order valence-corrected chi connectivity index (χ2v) is 7.10. The van der Waals surface area contributed by atoms with Gasteiger partial charge in [0.05, 0.1) is 18.1 Å². The summed E-state index contributed by atoms with van der Waals surface area (Å²) in [5.74, 6) is -0.328. The maximum Gasteiger partial charge on any atom is 0.329 e. The van der Waals surface area contributed by atoms with E-state index in [1.807, 2.05) is 43.3 Å². The van der Waals surface area contributed by atoms with Crippen LogP contribution < -0.4 is 4.74 Å². The van der Waals surface area contributed by atoms with Gasteiger partial charge in [0.25, 0.3) is 11.1 Å². The molecule has 1 atom stereocenters. The van der Waals surface area contributed by atoms with E-state index >= 15 is 0 Å². The Kier molecular flexibility index (Phi) is 6.04. The van der Waals surface area contributed by atoms with E-state index in [9.17, 15) is 14.4 Å². The first kappa shape index (κ1) is 19.9. The van der Waals surface area contributed by atoms with Crippen LogP contribution in [0.3, 0.4) is 0 Å². The van der Waals surface area contributed by atoms with Crippen molar-refractivity contribution in [1.82, 2.24) is 4.90 Å². The molecule has 1 fully saturated rings. The summed E-state index contributed by atoms with van der Waals surface area (Å²) in [4.78, 5) is 38.3. The second-order valence-electron chi connectivity index (χ2n) is 6.11. The highest BCUT2D eigenvalue weighted by Crippen LogP contribution is 2.36. The number of carbonyl (C=O) groups is 3. The highest BCUT2D eigenvalue weighted by atomic mass is 32.2. The quantitative estimate of drug-likeness (QED) is 0.535. The second kappa shape index (κ2) is 8.48. The summed E-state index contributed by atoms with van der Waals surface area (Å²) in [6.45, 7) is 5.82. The van der Waals surface area contributed by atoms with Crippen molar-refractivity contribution < 1.29 is 23.9 Å². The summed E-state index contributed by atoms with van der Waals surface area (Å²) in [5, 5.41) is 1.36. The van der Waals surface area contributed by atoms with Gasteiger partial charge in [-0.05, 0) is 55.6 Å². The molecule has 0 N–H and O–H groups in total. The maximum atomic E-state index is 12.8. The van der Waals surface area contributed by atoms with Crippen LogP contribution in [0.2, 0.25) is 0 Å². The molecule has 146 valence electrons. The predicted octanol–water partition coefficient (Wildman–Crippen LogP) is 4.23. The third-order valence-corrected chi connectivity index (χ3v) is 5.23. The SMILES string of the molecule is CCOC(=O)[C@@H](C)N1C(=O)S/C(=C/c2ccc(OCC)c3ccccc23)C1=O. The molecule has 2 aromatic carbocycles. The monoisotopic (exact) mass is 399 g/mol. The van der Waals surface area contributed by atoms with Gasteiger partial charge in [-0.3, -0.25) is 14.5 Å². The van der Waals surface area contributed by atoms with Crippen LogP contribution in [-0.2, 0) is 14.3 Å². The summed E-state index contributed by atoms with van der Waals surface area (Å²) >= 11 is 0.823. The Morgan fingerprint density at radius 3 is 2.50 bits per heavy atom. The minimum absolute atomic E-state index is 0.188. The number of imide groups is 1. The molecule has 1 heterocycles. The largest absolute Gasteiger partial charge is 0.493 e. The third-order valence-electron chi connectivity index (χ3n) is 4.34. The Labute approximate surface area is 167 Å². The number of amides is 2. The van der Waals surface area contributed by atoms with E-state index in [0.717, 1.165) is 38.7 Å². The predicted molar refractivity (Wildman–Crippen MR) is 109 cm³/mol. The van der Waals surface area contributed by atoms with E-state index in [0.29, 0.717) is 6.61 Å². The molecular formula is C21H21NO5S. The van der Waals surface area contributed by atoms with Gasteiger partial charge in [0.2, 0.25) is 0 Å². The summed E-state index contributed by atoms with van der Waals surface area (Å²) < 4.78 is 10.6. The molecule has 0 radical (unpaired) electrons. The van der Waals surface area contributed by atoms with Crippen LogP contribution in [0.4, 0.5) is 4.79 Å². The number of fused-ring (bicyclic) bond motifs is 1. The number of benzene rings is 2. The molecule has 1 saturated heterocycles. The zero-order valence-electron chi connectivity index (χ0n) is 15.9. The van der Waals surface area contributed by atoms with Crippen molar-refractivity contribution >= 4 is 45.7 Å². The van der Waals surface area contributed by atoms with Crippen molar-refractivity contribution in [1.29, 1.82) is 0 Å². The minimum atomic E-state index is -0.963. The van der Waals surface area contributed by atoms with E-state index in [-0.39, 0.29) is 11.5 Å². The lowest BCUT2D eigenvalue weighted by Crippen LogP contribution is -2.42. The lowest BCUT2D eigenvalue weighted by molar-refractivity contribution is -0.150. The van der Waals surface area contributed by atoms with Crippen LogP contribution >= 0.6 is 11.8 Å². The van der Waals surface area contributed by atoms with E-state index in [4.69, 9.17) is 9.47 Å². The molecule has 1 aliphatic rings. The lowest BCUT2D eigenvalue weighted by atomic mass is 10.0. The van der Waals surface area contributed by atoms with E-state index < -0.39 is 23.2 Å². The molecule has 6 nitrogen and oxygen atoms in total. The van der Waals surface area contributed by atoms with Gasteiger partial charge >= 0.3 is 5.97 Å².